The highest BCUT2D eigenvalue weighted by Gasteiger charge is 2.19. The van der Waals surface area contributed by atoms with Crippen molar-refractivity contribution < 1.29 is 8.95 Å². The molecule has 2 rings (SSSR count). The average Bonchev–Trinajstić information content (AvgIpc) is 2.70. The standard InChI is InChI=1S/C11H15NO2S/c12-9-3-1-5-11(7-9)15(13)8-10-4-2-6-14-10/h1,3,5,7,10H,2,4,6,8,12H2. The van der Waals surface area contributed by atoms with Gasteiger partial charge in [-0.1, -0.05) is 6.07 Å². The second-order valence-corrected chi connectivity index (χ2v) is 5.22. The van der Waals surface area contributed by atoms with E-state index in [-0.39, 0.29) is 6.10 Å². The third kappa shape index (κ3) is 2.79. The first kappa shape index (κ1) is 10.6. The predicted octanol–water partition coefficient (Wildman–Crippen LogP) is 1.56. The van der Waals surface area contributed by atoms with Crippen molar-refractivity contribution in [3.63, 3.8) is 0 Å². The number of hydrogen-bond acceptors (Lipinski definition) is 3. The maximum absolute atomic E-state index is 11.9. The van der Waals surface area contributed by atoms with Crippen LogP contribution in [0.3, 0.4) is 0 Å². The zero-order valence-corrected chi connectivity index (χ0v) is 9.33. The van der Waals surface area contributed by atoms with Crippen LogP contribution in [0.5, 0.6) is 0 Å². The van der Waals surface area contributed by atoms with Gasteiger partial charge in [0, 0.05) is 17.2 Å². The second kappa shape index (κ2) is 4.77. The number of ether oxygens (including phenoxy) is 1. The molecule has 1 heterocycles. The van der Waals surface area contributed by atoms with Gasteiger partial charge < -0.3 is 10.5 Å². The maximum Gasteiger partial charge on any atom is 0.0694 e. The molecule has 4 heteroatoms. The van der Waals surface area contributed by atoms with Crippen LogP contribution >= 0.6 is 0 Å². The van der Waals surface area contributed by atoms with Gasteiger partial charge in [0.1, 0.15) is 0 Å². The molecule has 0 radical (unpaired) electrons. The third-order valence-corrected chi connectivity index (χ3v) is 3.94. The molecule has 0 amide bonds. The van der Waals surface area contributed by atoms with Crippen LogP contribution in [0.4, 0.5) is 5.69 Å². The van der Waals surface area contributed by atoms with Gasteiger partial charge in [0.2, 0.25) is 0 Å². The quantitative estimate of drug-likeness (QED) is 0.794. The highest BCUT2D eigenvalue weighted by molar-refractivity contribution is 7.85. The van der Waals surface area contributed by atoms with Crippen molar-refractivity contribution in [2.24, 2.45) is 0 Å². The van der Waals surface area contributed by atoms with Crippen molar-refractivity contribution in [2.75, 3.05) is 18.1 Å². The van der Waals surface area contributed by atoms with Crippen LogP contribution in [-0.4, -0.2) is 22.7 Å². The summed E-state index contributed by atoms with van der Waals surface area (Å²) in [5.74, 6) is 0.587. The van der Waals surface area contributed by atoms with E-state index in [1.54, 1.807) is 12.1 Å². The first-order valence-electron chi connectivity index (χ1n) is 5.11. The fourth-order valence-corrected chi connectivity index (χ4v) is 2.99. The molecular formula is C11H15NO2S. The highest BCUT2D eigenvalue weighted by atomic mass is 32.2. The topological polar surface area (TPSA) is 52.3 Å². The van der Waals surface area contributed by atoms with Crippen LogP contribution in [0, 0.1) is 0 Å². The predicted molar refractivity (Wildman–Crippen MR) is 61.1 cm³/mol. The van der Waals surface area contributed by atoms with Gasteiger partial charge in [0.15, 0.2) is 0 Å². The van der Waals surface area contributed by atoms with E-state index < -0.39 is 10.8 Å². The summed E-state index contributed by atoms with van der Waals surface area (Å²) < 4.78 is 17.4. The summed E-state index contributed by atoms with van der Waals surface area (Å²) in [6, 6.07) is 7.25. The molecule has 2 N–H and O–H groups in total. The minimum atomic E-state index is -0.989. The molecular weight excluding hydrogens is 210 g/mol. The number of rotatable bonds is 3. The van der Waals surface area contributed by atoms with E-state index in [1.807, 2.05) is 12.1 Å². The third-order valence-electron chi connectivity index (χ3n) is 2.48. The Morgan fingerprint density at radius 1 is 1.53 bits per heavy atom. The molecule has 3 nitrogen and oxygen atoms in total. The molecule has 1 fully saturated rings. The van der Waals surface area contributed by atoms with Crippen molar-refractivity contribution in [3.8, 4) is 0 Å². The lowest BCUT2D eigenvalue weighted by atomic mass is 10.3. The van der Waals surface area contributed by atoms with Gasteiger partial charge in [-0.2, -0.15) is 0 Å². The monoisotopic (exact) mass is 225 g/mol. The summed E-state index contributed by atoms with van der Waals surface area (Å²) in [6.07, 6.45) is 2.26. The van der Waals surface area contributed by atoms with Crippen LogP contribution in [-0.2, 0) is 15.5 Å². The Labute approximate surface area is 92.1 Å². The molecule has 0 aromatic heterocycles. The highest BCUT2D eigenvalue weighted by Crippen LogP contribution is 2.17. The lowest BCUT2D eigenvalue weighted by molar-refractivity contribution is 0.128. The summed E-state index contributed by atoms with van der Waals surface area (Å²) >= 11 is 0. The Kier molecular flexibility index (Phi) is 3.38. The van der Waals surface area contributed by atoms with E-state index in [0.717, 1.165) is 24.3 Å². The number of nitrogens with two attached hydrogens (primary N) is 1. The zero-order chi connectivity index (χ0) is 10.7. The summed E-state index contributed by atoms with van der Waals surface area (Å²) in [5.41, 5.74) is 6.30. The normalized spacial score (nSPS) is 22.8. The maximum atomic E-state index is 11.9. The molecule has 0 saturated carbocycles. The first-order chi connectivity index (χ1) is 7.25. The molecule has 1 aromatic carbocycles. The van der Waals surface area contributed by atoms with Crippen molar-refractivity contribution in [1.29, 1.82) is 0 Å². The van der Waals surface area contributed by atoms with Gasteiger partial charge in [-0.15, -0.1) is 0 Å². The van der Waals surface area contributed by atoms with E-state index >= 15 is 0 Å². The summed E-state index contributed by atoms with van der Waals surface area (Å²) in [4.78, 5) is 0.797. The fourth-order valence-electron chi connectivity index (χ4n) is 1.70. The van der Waals surface area contributed by atoms with Gasteiger partial charge in [0.25, 0.3) is 0 Å². The number of anilines is 1. The molecule has 2 atom stereocenters. The van der Waals surface area contributed by atoms with Crippen LogP contribution in [0.1, 0.15) is 12.8 Å². The van der Waals surface area contributed by atoms with Crippen LogP contribution in [0.25, 0.3) is 0 Å². The van der Waals surface area contributed by atoms with Crippen molar-refractivity contribution >= 4 is 16.5 Å². The van der Waals surface area contributed by atoms with E-state index in [0.29, 0.717) is 11.4 Å². The Bertz CT molecular complexity index is 361. The SMILES string of the molecule is Nc1cccc(S(=O)CC2CCCO2)c1. The van der Waals surface area contributed by atoms with Crippen molar-refractivity contribution in [1.82, 2.24) is 0 Å². The van der Waals surface area contributed by atoms with E-state index in [2.05, 4.69) is 0 Å². The van der Waals surface area contributed by atoms with Gasteiger partial charge >= 0.3 is 0 Å². The van der Waals surface area contributed by atoms with Gasteiger partial charge in [-0.3, -0.25) is 4.21 Å². The van der Waals surface area contributed by atoms with Crippen molar-refractivity contribution in [3.05, 3.63) is 24.3 Å². The molecule has 0 bridgehead atoms. The molecule has 2 unspecified atom stereocenters. The molecule has 1 aromatic rings. The molecule has 82 valence electrons. The second-order valence-electron chi connectivity index (χ2n) is 3.72. The lowest BCUT2D eigenvalue weighted by Crippen LogP contribution is -2.15. The number of hydrogen-bond donors (Lipinski definition) is 1. The fraction of sp³-hybridized carbons (Fsp3) is 0.455. The summed E-state index contributed by atoms with van der Waals surface area (Å²) in [7, 11) is -0.989. The minimum Gasteiger partial charge on any atom is -0.399 e. The molecule has 15 heavy (non-hydrogen) atoms. The summed E-state index contributed by atoms with van der Waals surface area (Å²) in [6.45, 7) is 0.804. The molecule has 1 aliphatic heterocycles. The summed E-state index contributed by atoms with van der Waals surface area (Å²) in [5, 5.41) is 0. The average molecular weight is 225 g/mol. The smallest absolute Gasteiger partial charge is 0.0694 e. The minimum absolute atomic E-state index is 0.160. The zero-order valence-electron chi connectivity index (χ0n) is 8.52. The Balaban J connectivity index is 2.01. The molecule has 0 spiro atoms. The molecule has 0 aliphatic carbocycles. The van der Waals surface area contributed by atoms with E-state index in [1.165, 1.54) is 0 Å². The van der Waals surface area contributed by atoms with Crippen LogP contribution in [0.15, 0.2) is 29.2 Å². The van der Waals surface area contributed by atoms with Crippen molar-refractivity contribution in [2.45, 2.75) is 23.8 Å². The lowest BCUT2D eigenvalue weighted by Gasteiger charge is -2.08. The first-order valence-corrected chi connectivity index (χ1v) is 6.43. The van der Waals surface area contributed by atoms with Gasteiger partial charge in [0.05, 0.1) is 22.7 Å². The number of nitrogen functional groups attached to an aromatic ring is 1. The van der Waals surface area contributed by atoms with Gasteiger partial charge in [-0.25, -0.2) is 0 Å². The Morgan fingerprint density at radius 2 is 2.40 bits per heavy atom. The van der Waals surface area contributed by atoms with E-state index in [9.17, 15) is 4.21 Å². The Morgan fingerprint density at radius 3 is 3.07 bits per heavy atom. The molecule has 1 saturated heterocycles. The van der Waals surface area contributed by atoms with Crippen LogP contribution in [0.2, 0.25) is 0 Å². The molecule has 1 aliphatic rings. The van der Waals surface area contributed by atoms with Crippen LogP contribution < -0.4 is 5.73 Å². The van der Waals surface area contributed by atoms with Gasteiger partial charge in [-0.05, 0) is 31.0 Å². The largest absolute Gasteiger partial charge is 0.399 e. The number of benzene rings is 1. The Hall–Kier alpha value is -0.870. The van der Waals surface area contributed by atoms with E-state index in [4.69, 9.17) is 10.5 Å².